The topological polar surface area (TPSA) is 60.7 Å². The molecule has 3 N–H and O–H groups in total. The first kappa shape index (κ1) is 26.4. The third-order valence-corrected chi connectivity index (χ3v) is 9.43. The monoisotopic (exact) mass is 456 g/mol. The molecule has 0 aliphatic heterocycles. The number of aliphatic hydroxyl groups is 3. The lowest BCUT2D eigenvalue weighted by Crippen LogP contribution is -2.36. The van der Waals surface area contributed by atoms with Gasteiger partial charge in [0.15, 0.2) is 0 Å². The Labute approximate surface area is 202 Å². The zero-order valence-electron chi connectivity index (χ0n) is 21.5. The van der Waals surface area contributed by atoms with E-state index in [-0.39, 0.29) is 0 Å². The van der Waals surface area contributed by atoms with Crippen LogP contribution in [0.25, 0.3) is 0 Å². The van der Waals surface area contributed by atoms with Crippen molar-refractivity contribution in [2.45, 2.75) is 116 Å². The molecule has 3 heteroatoms. The predicted molar refractivity (Wildman–Crippen MR) is 138 cm³/mol. The Bertz CT molecular complexity index is 771. The van der Waals surface area contributed by atoms with E-state index in [0.717, 1.165) is 42.7 Å². The normalized spacial score (nSPS) is 36.6. The molecule has 3 nitrogen and oxygen atoms in total. The Balaban J connectivity index is 1.66. The van der Waals surface area contributed by atoms with E-state index in [1.807, 2.05) is 6.08 Å². The highest BCUT2D eigenvalue weighted by molar-refractivity contribution is 5.38. The average molecular weight is 457 g/mol. The van der Waals surface area contributed by atoms with E-state index in [1.54, 1.807) is 5.57 Å². The third kappa shape index (κ3) is 5.92. The smallest absolute Gasteiger partial charge is 0.0822 e. The summed E-state index contributed by atoms with van der Waals surface area (Å²) in [4.78, 5) is 0. The molecule has 6 atom stereocenters. The number of fused-ring (bicyclic) bond motifs is 1. The molecule has 0 heterocycles. The molecule has 186 valence electrons. The second kappa shape index (κ2) is 11.1. The maximum atomic E-state index is 10.5. The van der Waals surface area contributed by atoms with E-state index in [4.69, 9.17) is 0 Å². The minimum absolute atomic E-state index is 0.363. The van der Waals surface area contributed by atoms with Crippen molar-refractivity contribution in [1.82, 2.24) is 0 Å². The van der Waals surface area contributed by atoms with Crippen molar-refractivity contribution in [3.63, 3.8) is 0 Å². The Kier molecular flexibility index (Phi) is 8.86. The summed E-state index contributed by atoms with van der Waals surface area (Å²) in [5.41, 5.74) is 3.07. The van der Waals surface area contributed by atoms with Crippen LogP contribution >= 0.6 is 0 Å². The van der Waals surface area contributed by atoms with Gasteiger partial charge in [-0.3, -0.25) is 0 Å². The molecular formula is C30H48O3. The Morgan fingerprint density at radius 3 is 2.61 bits per heavy atom. The number of hydrogen-bond acceptors (Lipinski definition) is 3. The van der Waals surface area contributed by atoms with Gasteiger partial charge in [-0.2, -0.15) is 0 Å². The van der Waals surface area contributed by atoms with E-state index in [0.29, 0.717) is 30.1 Å². The van der Waals surface area contributed by atoms with Gasteiger partial charge in [-0.05, 0) is 98.5 Å². The van der Waals surface area contributed by atoms with Gasteiger partial charge >= 0.3 is 0 Å². The number of rotatable bonds is 8. The van der Waals surface area contributed by atoms with E-state index in [1.165, 1.54) is 32.1 Å². The lowest BCUT2D eigenvalue weighted by Gasteiger charge is -2.44. The van der Waals surface area contributed by atoms with Gasteiger partial charge in [-0.25, -0.2) is 0 Å². The zero-order valence-corrected chi connectivity index (χ0v) is 21.5. The maximum Gasteiger partial charge on any atom is 0.0822 e. The molecule has 6 unspecified atom stereocenters. The summed E-state index contributed by atoms with van der Waals surface area (Å²) in [7, 11) is 0. The summed E-state index contributed by atoms with van der Waals surface area (Å²) in [6, 6.07) is 0. The van der Waals surface area contributed by atoms with Gasteiger partial charge in [0.25, 0.3) is 0 Å². The third-order valence-electron chi connectivity index (χ3n) is 9.43. The Morgan fingerprint density at radius 1 is 1.18 bits per heavy atom. The first-order valence-electron chi connectivity index (χ1n) is 13.5. The molecule has 0 aromatic carbocycles. The fraction of sp³-hybridized carbons (Fsp3) is 0.733. The molecule has 0 radical (unpaired) electrons. The molecule has 0 saturated heterocycles. The lowest BCUT2D eigenvalue weighted by atomic mass is 9.60. The van der Waals surface area contributed by atoms with Crippen molar-refractivity contribution < 1.29 is 15.3 Å². The van der Waals surface area contributed by atoms with Gasteiger partial charge in [-0.15, -0.1) is 0 Å². The van der Waals surface area contributed by atoms with Gasteiger partial charge in [-0.1, -0.05) is 64.2 Å². The largest absolute Gasteiger partial charge is 0.393 e. The lowest BCUT2D eigenvalue weighted by molar-refractivity contribution is 0.0819. The highest BCUT2D eigenvalue weighted by atomic mass is 16.3. The van der Waals surface area contributed by atoms with Crippen molar-refractivity contribution in [1.29, 1.82) is 0 Å². The molecule has 0 aromatic heterocycles. The van der Waals surface area contributed by atoms with E-state index >= 15 is 0 Å². The summed E-state index contributed by atoms with van der Waals surface area (Å²) in [6.07, 6.45) is 18.7. The SMILES string of the molecule is C=C1C(=CC=C2CCCC3(C)C2CCC3C(C)CCC=CC(O)(CC)CC)CC(O)CC1O. The van der Waals surface area contributed by atoms with Gasteiger partial charge in [0.1, 0.15) is 0 Å². The van der Waals surface area contributed by atoms with E-state index in [2.05, 4.69) is 52.5 Å². The minimum atomic E-state index is -0.638. The second-order valence-corrected chi connectivity index (χ2v) is 11.4. The van der Waals surface area contributed by atoms with Crippen LogP contribution in [-0.4, -0.2) is 33.1 Å². The van der Waals surface area contributed by atoms with Crippen LogP contribution in [0.1, 0.15) is 98.3 Å². The van der Waals surface area contributed by atoms with Crippen LogP contribution in [0.15, 0.2) is 47.6 Å². The summed E-state index contributed by atoms with van der Waals surface area (Å²) >= 11 is 0. The maximum absolute atomic E-state index is 10.5. The van der Waals surface area contributed by atoms with Crippen molar-refractivity contribution >= 4 is 0 Å². The number of allylic oxidation sites excluding steroid dienone is 4. The molecule has 3 rings (SSSR count). The van der Waals surface area contributed by atoms with Crippen LogP contribution in [-0.2, 0) is 0 Å². The highest BCUT2D eigenvalue weighted by Gasteiger charge is 2.50. The van der Waals surface area contributed by atoms with Crippen LogP contribution in [0, 0.1) is 23.2 Å². The van der Waals surface area contributed by atoms with Crippen LogP contribution < -0.4 is 0 Å². The van der Waals surface area contributed by atoms with Crippen molar-refractivity contribution in [2.75, 3.05) is 0 Å². The van der Waals surface area contributed by atoms with Crippen molar-refractivity contribution in [3.05, 3.63) is 47.6 Å². The number of aliphatic hydroxyl groups excluding tert-OH is 2. The molecule has 0 aromatic rings. The van der Waals surface area contributed by atoms with Crippen LogP contribution in [0.4, 0.5) is 0 Å². The molecule has 3 fully saturated rings. The average Bonchev–Trinajstić information content (AvgIpc) is 3.15. The fourth-order valence-electron chi connectivity index (χ4n) is 7.03. The minimum Gasteiger partial charge on any atom is -0.393 e. The summed E-state index contributed by atoms with van der Waals surface area (Å²) in [6.45, 7) is 13.1. The Hall–Kier alpha value is -1.16. The molecule has 3 aliphatic rings. The molecule has 3 aliphatic carbocycles. The van der Waals surface area contributed by atoms with Crippen molar-refractivity contribution in [3.8, 4) is 0 Å². The first-order chi connectivity index (χ1) is 15.6. The second-order valence-electron chi connectivity index (χ2n) is 11.4. The van der Waals surface area contributed by atoms with Gasteiger partial charge in [0.2, 0.25) is 0 Å². The van der Waals surface area contributed by atoms with E-state index < -0.39 is 17.8 Å². The summed E-state index contributed by atoms with van der Waals surface area (Å²) < 4.78 is 0. The van der Waals surface area contributed by atoms with Gasteiger partial charge in [0.05, 0.1) is 17.8 Å². The predicted octanol–water partition coefficient (Wildman–Crippen LogP) is 6.65. The number of hydrogen-bond donors (Lipinski definition) is 3. The first-order valence-corrected chi connectivity index (χ1v) is 13.5. The zero-order chi connectivity index (χ0) is 24.2. The van der Waals surface area contributed by atoms with Gasteiger partial charge < -0.3 is 15.3 Å². The Morgan fingerprint density at radius 2 is 1.91 bits per heavy atom. The van der Waals surface area contributed by atoms with Gasteiger partial charge in [0, 0.05) is 6.42 Å². The van der Waals surface area contributed by atoms with Crippen LogP contribution in [0.3, 0.4) is 0 Å². The highest BCUT2D eigenvalue weighted by Crippen LogP contribution is 2.59. The fourth-order valence-corrected chi connectivity index (χ4v) is 7.03. The molecule has 0 bridgehead atoms. The molecular weight excluding hydrogens is 408 g/mol. The quantitative estimate of drug-likeness (QED) is 0.358. The van der Waals surface area contributed by atoms with Crippen LogP contribution in [0.2, 0.25) is 0 Å². The molecule has 33 heavy (non-hydrogen) atoms. The summed E-state index contributed by atoms with van der Waals surface area (Å²) in [5.74, 6) is 2.07. The van der Waals surface area contributed by atoms with Crippen LogP contribution in [0.5, 0.6) is 0 Å². The standard InChI is InChI=1S/C30H48O3/c1-6-30(33,7-2)18-9-8-11-21(3)26-15-16-27-23(12-10-17-29(26,27)5)13-14-24-19-25(31)20-28(32)22(24)4/h9,13-14,18,21,25-28,31-33H,4,6-8,10-12,15-17,19-20H2,1-3,5H3. The molecule has 0 spiro atoms. The molecule has 0 amide bonds. The van der Waals surface area contributed by atoms with E-state index in [9.17, 15) is 15.3 Å². The molecule has 3 saturated carbocycles. The summed E-state index contributed by atoms with van der Waals surface area (Å²) in [5, 5.41) is 30.7. The van der Waals surface area contributed by atoms with Crippen molar-refractivity contribution in [2.24, 2.45) is 23.2 Å².